The number of hydrogen-bond acceptors (Lipinski definition) is 4. The molecule has 0 atom stereocenters. The summed E-state index contributed by atoms with van der Waals surface area (Å²) in [6, 6.07) is 2.61. The topological polar surface area (TPSA) is 41.1 Å². The SMILES string of the molecule is c1cc(N2CCCCC2)nc(NC2CCCCCC2)n1. The maximum absolute atomic E-state index is 4.72. The van der Waals surface area contributed by atoms with Crippen LogP contribution in [0, 0.1) is 0 Å². The van der Waals surface area contributed by atoms with Crippen LogP contribution in [0.4, 0.5) is 11.8 Å². The van der Waals surface area contributed by atoms with Crippen molar-refractivity contribution in [1.29, 1.82) is 0 Å². The molecule has 2 heterocycles. The lowest BCUT2D eigenvalue weighted by molar-refractivity contribution is 0.572. The second kappa shape index (κ2) is 6.91. The normalized spacial score (nSPS) is 21.5. The van der Waals surface area contributed by atoms with Crippen LogP contribution in [0.2, 0.25) is 0 Å². The van der Waals surface area contributed by atoms with E-state index in [9.17, 15) is 0 Å². The van der Waals surface area contributed by atoms with Crippen molar-refractivity contribution in [2.24, 2.45) is 0 Å². The summed E-state index contributed by atoms with van der Waals surface area (Å²) < 4.78 is 0. The minimum absolute atomic E-state index is 0.564. The molecule has 4 nitrogen and oxygen atoms in total. The first-order chi connectivity index (χ1) is 9.92. The molecular formula is C16H26N4. The van der Waals surface area contributed by atoms with Gasteiger partial charge in [0.25, 0.3) is 0 Å². The quantitative estimate of drug-likeness (QED) is 0.855. The summed E-state index contributed by atoms with van der Waals surface area (Å²) in [6.45, 7) is 2.28. The molecule has 4 heteroatoms. The van der Waals surface area contributed by atoms with Gasteiger partial charge < -0.3 is 10.2 Å². The van der Waals surface area contributed by atoms with Crippen molar-refractivity contribution in [2.75, 3.05) is 23.3 Å². The summed E-state index contributed by atoms with van der Waals surface area (Å²) >= 11 is 0. The Labute approximate surface area is 122 Å². The van der Waals surface area contributed by atoms with Gasteiger partial charge in [0.05, 0.1) is 0 Å². The Morgan fingerprint density at radius 2 is 1.65 bits per heavy atom. The minimum atomic E-state index is 0.564. The van der Waals surface area contributed by atoms with E-state index in [-0.39, 0.29) is 0 Å². The average molecular weight is 274 g/mol. The molecule has 0 aromatic carbocycles. The van der Waals surface area contributed by atoms with E-state index in [4.69, 9.17) is 4.98 Å². The average Bonchev–Trinajstić information content (AvgIpc) is 2.77. The maximum Gasteiger partial charge on any atom is 0.224 e. The van der Waals surface area contributed by atoms with Crippen molar-refractivity contribution in [3.63, 3.8) is 0 Å². The number of anilines is 2. The molecule has 2 aliphatic rings. The zero-order valence-corrected chi connectivity index (χ0v) is 12.4. The smallest absolute Gasteiger partial charge is 0.224 e. The Hall–Kier alpha value is -1.32. The molecule has 1 aromatic heterocycles. The highest BCUT2D eigenvalue weighted by atomic mass is 15.2. The van der Waals surface area contributed by atoms with Gasteiger partial charge in [-0.3, -0.25) is 0 Å². The van der Waals surface area contributed by atoms with Crippen molar-refractivity contribution < 1.29 is 0 Å². The Morgan fingerprint density at radius 1 is 0.950 bits per heavy atom. The third-order valence-corrected chi connectivity index (χ3v) is 4.51. The number of piperidine rings is 1. The molecule has 0 spiro atoms. The summed E-state index contributed by atoms with van der Waals surface area (Å²) in [4.78, 5) is 11.5. The lowest BCUT2D eigenvalue weighted by Crippen LogP contribution is -2.30. The van der Waals surface area contributed by atoms with Gasteiger partial charge in [-0.1, -0.05) is 25.7 Å². The molecule has 110 valence electrons. The Bertz CT molecular complexity index is 407. The second-order valence-corrected chi connectivity index (χ2v) is 6.12. The van der Waals surface area contributed by atoms with Crippen LogP contribution in [0.1, 0.15) is 57.8 Å². The molecular weight excluding hydrogens is 248 g/mol. The van der Waals surface area contributed by atoms with Crippen molar-refractivity contribution in [2.45, 2.75) is 63.8 Å². The molecule has 0 bridgehead atoms. The highest BCUT2D eigenvalue weighted by Crippen LogP contribution is 2.22. The fraction of sp³-hybridized carbons (Fsp3) is 0.750. The molecule has 2 fully saturated rings. The Balaban J connectivity index is 1.64. The highest BCUT2D eigenvalue weighted by molar-refractivity contribution is 5.43. The monoisotopic (exact) mass is 274 g/mol. The van der Waals surface area contributed by atoms with Crippen LogP contribution in [0.25, 0.3) is 0 Å². The highest BCUT2D eigenvalue weighted by Gasteiger charge is 2.15. The first-order valence-electron chi connectivity index (χ1n) is 8.26. The predicted molar refractivity (Wildman–Crippen MR) is 83.2 cm³/mol. The van der Waals surface area contributed by atoms with E-state index < -0.39 is 0 Å². The van der Waals surface area contributed by atoms with Crippen LogP contribution in [-0.4, -0.2) is 29.1 Å². The summed E-state index contributed by atoms with van der Waals surface area (Å²) in [7, 11) is 0. The van der Waals surface area contributed by atoms with E-state index in [2.05, 4.69) is 15.2 Å². The van der Waals surface area contributed by atoms with Gasteiger partial charge in [0.2, 0.25) is 5.95 Å². The zero-order valence-electron chi connectivity index (χ0n) is 12.4. The fourth-order valence-corrected chi connectivity index (χ4v) is 3.32. The van der Waals surface area contributed by atoms with Crippen LogP contribution < -0.4 is 10.2 Å². The molecule has 0 amide bonds. The first-order valence-corrected chi connectivity index (χ1v) is 8.26. The summed E-state index contributed by atoms with van der Waals surface area (Å²) in [5.41, 5.74) is 0. The van der Waals surface area contributed by atoms with Crippen LogP contribution in [0.15, 0.2) is 12.3 Å². The van der Waals surface area contributed by atoms with Gasteiger partial charge >= 0.3 is 0 Å². The van der Waals surface area contributed by atoms with Crippen LogP contribution in [0.3, 0.4) is 0 Å². The van der Waals surface area contributed by atoms with Gasteiger partial charge in [-0.2, -0.15) is 4.98 Å². The van der Waals surface area contributed by atoms with Crippen molar-refractivity contribution in [3.05, 3.63) is 12.3 Å². The first kappa shape index (κ1) is 13.7. The maximum atomic E-state index is 4.72. The molecule has 1 saturated carbocycles. The zero-order chi connectivity index (χ0) is 13.6. The molecule has 3 rings (SSSR count). The molecule has 1 aromatic rings. The number of hydrogen-bond donors (Lipinski definition) is 1. The summed E-state index contributed by atoms with van der Waals surface area (Å²) in [5.74, 6) is 1.91. The number of nitrogens with zero attached hydrogens (tertiary/aromatic N) is 3. The number of rotatable bonds is 3. The van der Waals surface area contributed by atoms with Crippen LogP contribution in [-0.2, 0) is 0 Å². The van der Waals surface area contributed by atoms with E-state index in [1.807, 2.05) is 12.3 Å². The molecule has 0 unspecified atom stereocenters. The standard InChI is InChI=1S/C16H26N4/c1-2-5-9-14(8-4-1)18-16-17-11-10-15(19-16)20-12-6-3-7-13-20/h10-11,14H,1-9,12-13H2,(H,17,18,19). The Morgan fingerprint density at radius 3 is 2.40 bits per heavy atom. The van der Waals surface area contributed by atoms with Crippen molar-refractivity contribution in [3.8, 4) is 0 Å². The number of nitrogens with one attached hydrogen (secondary N) is 1. The molecule has 20 heavy (non-hydrogen) atoms. The molecule has 1 aliphatic heterocycles. The summed E-state index contributed by atoms with van der Waals surface area (Å²) in [6.07, 6.45) is 13.8. The summed E-state index contributed by atoms with van der Waals surface area (Å²) in [5, 5.41) is 3.55. The van der Waals surface area contributed by atoms with Gasteiger partial charge in [-0.05, 0) is 38.2 Å². The fourth-order valence-electron chi connectivity index (χ4n) is 3.32. The van der Waals surface area contributed by atoms with Gasteiger partial charge in [0.15, 0.2) is 0 Å². The van der Waals surface area contributed by atoms with E-state index >= 15 is 0 Å². The Kier molecular flexibility index (Phi) is 4.72. The van der Waals surface area contributed by atoms with E-state index in [0.29, 0.717) is 6.04 Å². The lowest BCUT2D eigenvalue weighted by Gasteiger charge is -2.28. The lowest BCUT2D eigenvalue weighted by atomic mass is 10.1. The number of aromatic nitrogens is 2. The van der Waals surface area contributed by atoms with E-state index in [1.165, 1.54) is 57.8 Å². The largest absolute Gasteiger partial charge is 0.356 e. The van der Waals surface area contributed by atoms with E-state index in [0.717, 1.165) is 24.9 Å². The molecule has 1 aliphatic carbocycles. The molecule has 1 saturated heterocycles. The van der Waals surface area contributed by atoms with Gasteiger partial charge in [0.1, 0.15) is 5.82 Å². The van der Waals surface area contributed by atoms with Crippen molar-refractivity contribution in [1.82, 2.24) is 9.97 Å². The third-order valence-electron chi connectivity index (χ3n) is 4.51. The molecule has 1 N–H and O–H groups in total. The van der Waals surface area contributed by atoms with Gasteiger partial charge in [0, 0.05) is 25.3 Å². The molecule has 0 radical (unpaired) electrons. The third kappa shape index (κ3) is 3.62. The van der Waals surface area contributed by atoms with E-state index in [1.54, 1.807) is 0 Å². The van der Waals surface area contributed by atoms with Crippen LogP contribution in [0.5, 0.6) is 0 Å². The minimum Gasteiger partial charge on any atom is -0.356 e. The van der Waals surface area contributed by atoms with Crippen molar-refractivity contribution >= 4 is 11.8 Å². The van der Waals surface area contributed by atoms with Gasteiger partial charge in [-0.25, -0.2) is 4.98 Å². The van der Waals surface area contributed by atoms with Crippen LogP contribution >= 0.6 is 0 Å². The second-order valence-electron chi connectivity index (χ2n) is 6.12. The predicted octanol–water partition coefficient (Wildman–Crippen LogP) is 3.60. The van der Waals surface area contributed by atoms with Gasteiger partial charge in [-0.15, -0.1) is 0 Å².